The third-order valence-corrected chi connectivity index (χ3v) is 9.78. The highest BCUT2D eigenvalue weighted by molar-refractivity contribution is 8.02. The summed E-state index contributed by atoms with van der Waals surface area (Å²) < 4.78 is 3.84. The molecule has 4 aliphatic rings. The first kappa shape index (κ1) is 24.1. The first-order valence-electron chi connectivity index (χ1n) is 12.2. The molecule has 0 aliphatic carbocycles. The topological polar surface area (TPSA) is 87.2 Å². The molecule has 1 unspecified atom stereocenters. The van der Waals surface area contributed by atoms with E-state index in [1.54, 1.807) is 9.80 Å². The summed E-state index contributed by atoms with van der Waals surface area (Å²) >= 11 is 1.52. The predicted molar refractivity (Wildman–Crippen MR) is 135 cm³/mol. The van der Waals surface area contributed by atoms with Gasteiger partial charge in [0.25, 0.3) is 5.91 Å². The molecular formula is C27H32N2O5S. The van der Waals surface area contributed by atoms with E-state index in [0.29, 0.717) is 13.0 Å². The van der Waals surface area contributed by atoms with Gasteiger partial charge in [-0.3, -0.25) is 14.4 Å². The van der Waals surface area contributed by atoms with Gasteiger partial charge in [-0.1, -0.05) is 37.3 Å². The number of carbonyl (C=O) groups excluding carboxylic acids is 3. The Morgan fingerprint density at radius 3 is 2.63 bits per heavy atom. The number of esters is 1. The number of thioether (sulfide) groups is 1. The van der Waals surface area contributed by atoms with Gasteiger partial charge in [0, 0.05) is 17.0 Å². The van der Waals surface area contributed by atoms with Crippen molar-refractivity contribution in [2.45, 2.75) is 55.7 Å². The van der Waals surface area contributed by atoms with Crippen LogP contribution in [0.4, 0.5) is 5.69 Å². The van der Waals surface area contributed by atoms with E-state index in [1.165, 1.54) is 11.8 Å². The molecule has 1 aromatic rings. The molecule has 1 N–H and O–H groups in total. The Kier molecular flexibility index (Phi) is 5.87. The van der Waals surface area contributed by atoms with Gasteiger partial charge in [0.15, 0.2) is 0 Å². The van der Waals surface area contributed by atoms with Crippen LogP contribution >= 0.6 is 11.8 Å². The fourth-order valence-corrected chi connectivity index (χ4v) is 8.47. The summed E-state index contributed by atoms with van der Waals surface area (Å²) in [6.07, 6.45) is 8.23. The number of cyclic esters (lactones) is 1. The van der Waals surface area contributed by atoms with Gasteiger partial charge in [0.05, 0.1) is 29.2 Å². The summed E-state index contributed by atoms with van der Waals surface area (Å²) in [6, 6.07) is 4.64. The first-order chi connectivity index (χ1) is 16.7. The third kappa shape index (κ3) is 3.40. The summed E-state index contributed by atoms with van der Waals surface area (Å²) in [5, 5.41) is 10.2. The van der Waals surface area contributed by atoms with Crippen molar-refractivity contribution in [2.75, 3.05) is 24.7 Å². The summed E-state index contributed by atoms with van der Waals surface area (Å²) in [5.41, 5.74) is 2.82. The van der Waals surface area contributed by atoms with Crippen molar-refractivity contribution in [3.63, 3.8) is 0 Å². The molecule has 0 radical (unpaired) electrons. The van der Waals surface area contributed by atoms with Crippen molar-refractivity contribution >= 4 is 35.2 Å². The van der Waals surface area contributed by atoms with E-state index in [-0.39, 0.29) is 25.0 Å². The van der Waals surface area contributed by atoms with Crippen LogP contribution in [0.5, 0.6) is 0 Å². The number of aryl methyl sites for hydroxylation is 2. The second kappa shape index (κ2) is 8.52. The Balaban J connectivity index is 1.70. The van der Waals surface area contributed by atoms with Crippen molar-refractivity contribution < 1.29 is 24.2 Å². The minimum Gasteiger partial charge on any atom is -0.461 e. The number of carbonyl (C=O) groups is 3. The molecule has 35 heavy (non-hydrogen) atoms. The maximum atomic E-state index is 14.4. The molecule has 8 heteroatoms. The minimum absolute atomic E-state index is 0.177. The van der Waals surface area contributed by atoms with Crippen LogP contribution in [-0.4, -0.2) is 69.1 Å². The Bertz CT molecular complexity index is 1140. The normalized spacial score (nSPS) is 34.8. The van der Waals surface area contributed by atoms with E-state index in [4.69, 9.17) is 4.74 Å². The highest BCUT2D eigenvalue weighted by Gasteiger charge is 2.74. The number of amides is 2. The van der Waals surface area contributed by atoms with E-state index in [2.05, 4.69) is 0 Å². The number of ether oxygens (including phenoxy) is 1. The predicted octanol–water partition coefficient (Wildman–Crippen LogP) is 2.78. The zero-order chi connectivity index (χ0) is 25.1. The van der Waals surface area contributed by atoms with Crippen LogP contribution in [0.2, 0.25) is 0 Å². The van der Waals surface area contributed by atoms with Gasteiger partial charge in [-0.05, 0) is 50.5 Å². The monoisotopic (exact) mass is 496 g/mol. The summed E-state index contributed by atoms with van der Waals surface area (Å²) in [6.45, 7) is 8.11. The molecule has 4 heterocycles. The molecular weight excluding hydrogens is 464 g/mol. The van der Waals surface area contributed by atoms with Crippen LogP contribution in [-0.2, 0) is 19.1 Å². The fraction of sp³-hybridized carbons (Fsp3) is 0.519. The van der Waals surface area contributed by atoms with Gasteiger partial charge in [0.2, 0.25) is 5.91 Å². The molecule has 5 rings (SSSR count). The van der Waals surface area contributed by atoms with Crippen molar-refractivity contribution in [2.24, 2.45) is 11.8 Å². The molecule has 2 saturated heterocycles. The third-order valence-electron chi connectivity index (χ3n) is 7.98. The number of rotatable bonds is 4. The smallest absolute Gasteiger partial charge is 0.311 e. The molecule has 2 amide bonds. The highest BCUT2D eigenvalue weighted by atomic mass is 32.2. The van der Waals surface area contributed by atoms with Crippen molar-refractivity contribution in [1.29, 1.82) is 0 Å². The average Bonchev–Trinajstić information content (AvgIpc) is 3.08. The number of nitrogens with zero attached hydrogens (tertiary/aromatic N) is 2. The molecule has 0 saturated carbocycles. The number of aliphatic hydroxyl groups excluding tert-OH is 1. The fourth-order valence-electron chi connectivity index (χ4n) is 6.33. The standard InChI is InChI=1S/C27H32N2O5S/c1-5-18(15-30)29-22-24(32)28(19-14-16(2)8-9-17(19)3)12-6-11-27(22)20(23(29)31)21-25(33)34-13-7-10-26(21,4)35-27/h6-11,14,18,20-22,30H,5,12-13,15H2,1-4H3/t18-,20-,21+,22?,26-,27-/m0/s1. The van der Waals surface area contributed by atoms with Crippen LogP contribution in [0.1, 0.15) is 31.4 Å². The summed E-state index contributed by atoms with van der Waals surface area (Å²) in [5.74, 6) is -2.32. The van der Waals surface area contributed by atoms with Gasteiger partial charge in [0.1, 0.15) is 12.6 Å². The first-order valence-corrected chi connectivity index (χ1v) is 13.0. The molecule has 0 bridgehead atoms. The van der Waals surface area contributed by atoms with E-state index in [0.717, 1.165) is 16.8 Å². The number of fused-ring (bicyclic) bond motifs is 2. The van der Waals surface area contributed by atoms with Crippen LogP contribution < -0.4 is 4.90 Å². The van der Waals surface area contributed by atoms with Crippen molar-refractivity contribution in [3.8, 4) is 0 Å². The number of hydrogen-bond acceptors (Lipinski definition) is 6. The Morgan fingerprint density at radius 2 is 1.91 bits per heavy atom. The average molecular weight is 497 g/mol. The lowest BCUT2D eigenvalue weighted by Crippen LogP contribution is -2.57. The van der Waals surface area contributed by atoms with Crippen molar-refractivity contribution in [3.05, 3.63) is 53.6 Å². The van der Waals surface area contributed by atoms with Crippen LogP contribution in [0.25, 0.3) is 0 Å². The van der Waals surface area contributed by atoms with E-state index in [1.807, 2.05) is 70.2 Å². The lowest BCUT2D eigenvalue weighted by atomic mass is 9.75. The lowest BCUT2D eigenvalue weighted by Gasteiger charge is -2.39. The molecule has 7 nitrogen and oxygen atoms in total. The van der Waals surface area contributed by atoms with Crippen LogP contribution in [0, 0.1) is 25.7 Å². The summed E-state index contributed by atoms with van der Waals surface area (Å²) in [4.78, 5) is 45.1. The molecule has 0 aromatic heterocycles. The van der Waals surface area contributed by atoms with Gasteiger partial charge < -0.3 is 19.6 Å². The molecule has 6 atom stereocenters. The largest absolute Gasteiger partial charge is 0.461 e. The second-order valence-electron chi connectivity index (χ2n) is 10.2. The Hall–Kier alpha value is -2.58. The molecule has 186 valence electrons. The van der Waals surface area contributed by atoms with Gasteiger partial charge in [-0.15, -0.1) is 11.8 Å². The zero-order valence-corrected chi connectivity index (χ0v) is 21.4. The highest BCUT2D eigenvalue weighted by Crippen LogP contribution is 2.65. The number of hydrogen-bond donors (Lipinski definition) is 1. The van der Waals surface area contributed by atoms with E-state index < -0.39 is 39.4 Å². The van der Waals surface area contributed by atoms with Crippen molar-refractivity contribution in [1.82, 2.24) is 4.90 Å². The van der Waals surface area contributed by atoms with Gasteiger partial charge in [-0.2, -0.15) is 0 Å². The number of likely N-dealkylation sites (tertiary alicyclic amines) is 1. The Morgan fingerprint density at radius 1 is 1.14 bits per heavy atom. The number of aliphatic hydroxyl groups is 1. The zero-order valence-electron chi connectivity index (χ0n) is 20.6. The van der Waals surface area contributed by atoms with E-state index >= 15 is 0 Å². The molecule has 1 spiro atoms. The Labute approximate surface area is 210 Å². The van der Waals surface area contributed by atoms with Gasteiger partial charge in [-0.25, -0.2) is 0 Å². The maximum Gasteiger partial charge on any atom is 0.311 e. The number of anilines is 1. The molecule has 1 aromatic carbocycles. The minimum atomic E-state index is -0.941. The lowest BCUT2D eigenvalue weighted by molar-refractivity contribution is -0.153. The summed E-state index contributed by atoms with van der Waals surface area (Å²) in [7, 11) is 0. The van der Waals surface area contributed by atoms with Crippen LogP contribution in [0.15, 0.2) is 42.5 Å². The SMILES string of the molecule is CC[C@@H](CO)N1C(=O)[C@@H]2[C@@H]3C(=O)OCC=C[C@]3(C)S[C@@]23C=CCN(c2cc(C)ccc2C)C(=O)C13. The molecule has 4 aliphatic heterocycles. The maximum absolute atomic E-state index is 14.4. The van der Waals surface area contributed by atoms with Gasteiger partial charge >= 0.3 is 5.97 Å². The number of benzene rings is 1. The quantitative estimate of drug-likeness (QED) is 0.510. The van der Waals surface area contributed by atoms with Crippen LogP contribution in [0.3, 0.4) is 0 Å². The second-order valence-corrected chi connectivity index (χ2v) is 12.0. The molecule has 2 fully saturated rings. The van der Waals surface area contributed by atoms with E-state index in [9.17, 15) is 19.5 Å².